The average molecular weight is 734 g/mol. The molecule has 0 fully saturated rings. The van der Waals surface area contributed by atoms with Gasteiger partial charge in [-0.05, 0) is 81.9 Å². The van der Waals surface area contributed by atoms with Gasteiger partial charge in [0.1, 0.15) is 11.2 Å². The van der Waals surface area contributed by atoms with E-state index in [0.29, 0.717) is 17.5 Å². The maximum absolute atomic E-state index is 6.13. The molecular formula is C51H31N3OS. The molecule has 56 heavy (non-hydrogen) atoms. The molecule has 0 unspecified atom stereocenters. The number of nitrogens with zero attached hydrogens (tertiary/aromatic N) is 3. The molecule has 0 radical (unpaired) electrons. The summed E-state index contributed by atoms with van der Waals surface area (Å²) in [6.07, 6.45) is 0. The number of thiophene rings is 1. The van der Waals surface area contributed by atoms with E-state index < -0.39 is 0 Å². The number of para-hydroxylation sites is 1. The molecule has 4 nitrogen and oxygen atoms in total. The molecule has 11 aromatic rings. The van der Waals surface area contributed by atoms with Crippen LogP contribution in [0.1, 0.15) is 0 Å². The summed E-state index contributed by atoms with van der Waals surface area (Å²) in [6.45, 7) is 0. The zero-order valence-electron chi connectivity index (χ0n) is 30.1. The van der Waals surface area contributed by atoms with Crippen LogP contribution in [-0.4, -0.2) is 15.0 Å². The number of hydrogen-bond donors (Lipinski definition) is 0. The van der Waals surface area contributed by atoms with Gasteiger partial charge in [0.2, 0.25) is 0 Å². The second kappa shape index (κ2) is 13.3. The smallest absolute Gasteiger partial charge is 0.164 e. The summed E-state index contributed by atoms with van der Waals surface area (Å²) in [5.74, 6) is 1.87. The van der Waals surface area contributed by atoms with Gasteiger partial charge in [0.15, 0.2) is 17.5 Å². The topological polar surface area (TPSA) is 51.8 Å². The fourth-order valence-corrected chi connectivity index (χ4v) is 8.97. The maximum atomic E-state index is 6.13. The van der Waals surface area contributed by atoms with Gasteiger partial charge in [-0.2, -0.15) is 0 Å². The predicted octanol–water partition coefficient (Wildman–Crippen LogP) is 14.1. The standard InChI is InChI=1S/C51H31N3OS/c1-3-12-32(13-4-1)34-16-9-17-35(28-34)36-25-27-47-44(30-36)42-22-11-21-40(48(42)56-47)37-18-10-19-38(29-37)50-52-49(33-14-5-2-6-15-33)53-51(54-50)39-24-26-46-43(31-39)41-20-7-8-23-45(41)55-46/h1-31H. The Morgan fingerprint density at radius 2 is 0.839 bits per heavy atom. The van der Waals surface area contributed by atoms with E-state index in [0.717, 1.165) is 44.2 Å². The minimum absolute atomic E-state index is 0.614. The number of hydrogen-bond acceptors (Lipinski definition) is 5. The van der Waals surface area contributed by atoms with Crippen molar-refractivity contribution in [3.8, 4) is 67.5 Å². The highest BCUT2D eigenvalue weighted by Crippen LogP contribution is 2.42. The Kier molecular flexibility index (Phi) is 7.64. The molecule has 0 amide bonds. The summed E-state index contributed by atoms with van der Waals surface area (Å²) in [5.41, 5.74) is 11.6. The molecule has 3 aromatic heterocycles. The van der Waals surface area contributed by atoms with Crippen LogP contribution in [0.2, 0.25) is 0 Å². The molecule has 0 spiro atoms. The summed E-state index contributed by atoms with van der Waals surface area (Å²) < 4.78 is 8.66. The van der Waals surface area contributed by atoms with Crippen molar-refractivity contribution in [3.05, 3.63) is 188 Å². The van der Waals surface area contributed by atoms with Crippen LogP contribution in [0.4, 0.5) is 0 Å². The summed E-state index contributed by atoms with van der Waals surface area (Å²) >= 11 is 1.84. The van der Waals surface area contributed by atoms with E-state index in [9.17, 15) is 0 Å². The maximum Gasteiger partial charge on any atom is 0.164 e. The van der Waals surface area contributed by atoms with Crippen molar-refractivity contribution in [3.63, 3.8) is 0 Å². The Morgan fingerprint density at radius 1 is 0.321 bits per heavy atom. The lowest BCUT2D eigenvalue weighted by atomic mass is 9.97. The number of fused-ring (bicyclic) bond motifs is 6. The van der Waals surface area contributed by atoms with Crippen LogP contribution in [0.25, 0.3) is 110 Å². The van der Waals surface area contributed by atoms with E-state index in [-0.39, 0.29) is 0 Å². The van der Waals surface area contributed by atoms with E-state index in [1.165, 1.54) is 48.0 Å². The third-order valence-corrected chi connectivity index (χ3v) is 11.8. The zero-order chi connectivity index (χ0) is 37.0. The highest BCUT2D eigenvalue weighted by Gasteiger charge is 2.17. The molecule has 0 bridgehead atoms. The number of furan rings is 1. The van der Waals surface area contributed by atoms with Crippen molar-refractivity contribution in [2.45, 2.75) is 0 Å². The van der Waals surface area contributed by atoms with Gasteiger partial charge >= 0.3 is 0 Å². The van der Waals surface area contributed by atoms with Crippen LogP contribution < -0.4 is 0 Å². The number of benzene rings is 8. The lowest BCUT2D eigenvalue weighted by molar-refractivity contribution is 0.669. The van der Waals surface area contributed by atoms with Gasteiger partial charge in [0.05, 0.1) is 0 Å². The first kappa shape index (κ1) is 32.2. The molecule has 0 saturated carbocycles. The second-order valence-electron chi connectivity index (χ2n) is 14.0. The lowest BCUT2D eigenvalue weighted by Crippen LogP contribution is -2.00. The normalized spacial score (nSPS) is 11.6. The highest BCUT2D eigenvalue weighted by molar-refractivity contribution is 7.26. The largest absolute Gasteiger partial charge is 0.456 e. The van der Waals surface area contributed by atoms with Crippen molar-refractivity contribution >= 4 is 53.4 Å². The van der Waals surface area contributed by atoms with Gasteiger partial charge in [0, 0.05) is 47.6 Å². The van der Waals surface area contributed by atoms with Crippen molar-refractivity contribution < 1.29 is 4.42 Å². The van der Waals surface area contributed by atoms with E-state index in [2.05, 4.69) is 127 Å². The van der Waals surface area contributed by atoms with Crippen molar-refractivity contribution in [2.24, 2.45) is 0 Å². The van der Waals surface area contributed by atoms with E-state index >= 15 is 0 Å². The van der Waals surface area contributed by atoms with Gasteiger partial charge in [0.25, 0.3) is 0 Å². The van der Waals surface area contributed by atoms with Crippen molar-refractivity contribution in [2.75, 3.05) is 0 Å². The van der Waals surface area contributed by atoms with Crippen LogP contribution >= 0.6 is 11.3 Å². The van der Waals surface area contributed by atoms with Crippen LogP contribution in [0.3, 0.4) is 0 Å². The second-order valence-corrected chi connectivity index (χ2v) is 15.1. The Hall–Kier alpha value is -7.21. The fourth-order valence-electron chi connectivity index (χ4n) is 7.76. The van der Waals surface area contributed by atoms with Crippen LogP contribution in [-0.2, 0) is 0 Å². The Balaban J connectivity index is 1.01. The summed E-state index contributed by atoms with van der Waals surface area (Å²) in [6, 6.07) is 65.9. The predicted molar refractivity (Wildman–Crippen MR) is 233 cm³/mol. The van der Waals surface area contributed by atoms with Crippen LogP contribution in [0.5, 0.6) is 0 Å². The number of rotatable bonds is 6. The molecule has 0 aliphatic carbocycles. The Labute approximate surface area is 327 Å². The summed E-state index contributed by atoms with van der Waals surface area (Å²) in [7, 11) is 0. The summed E-state index contributed by atoms with van der Waals surface area (Å²) in [5, 5.41) is 4.62. The van der Waals surface area contributed by atoms with Crippen molar-refractivity contribution in [1.82, 2.24) is 15.0 Å². The average Bonchev–Trinajstić information content (AvgIpc) is 3.85. The zero-order valence-corrected chi connectivity index (χ0v) is 30.9. The molecule has 0 N–H and O–H groups in total. The Morgan fingerprint density at radius 3 is 1.64 bits per heavy atom. The van der Waals surface area contributed by atoms with Gasteiger partial charge in [-0.15, -0.1) is 11.3 Å². The molecule has 0 aliphatic rings. The van der Waals surface area contributed by atoms with Gasteiger partial charge in [-0.3, -0.25) is 0 Å². The monoisotopic (exact) mass is 733 g/mol. The minimum Gasteiger partial charge on any atom is -0.456 e. The minimum atomic E-state index is 0.614. The summed E-state index contributed by atoms with van der Waals surface area (Å²) in [4.78, 5) is 15.2. The molecule has 262 valence electrons. The first-order chi connectivity index (χ1) is 27.7. The number of aromatic nitrogens is 3. The molecule has 0 saturated heterocycles. The van der Waals surface area contributed by atoms with Crippen LogP contribution in [0, 0.1) is 0 Å². The van der Waals surface area contributed by atoms with E-state index in [4.69, 9.17) is 19.4 Å². The first-order valence-electron chi connectivity index (χ1n) is 18.7. The quantitative estimate of drug-likeness (QED) is 0.171. The molecule has 8 aromatic carbocycles. The third kappa shape index (κ3) is 5.65. The lowest BCUT2D eigenvalue weighted by Gasteiger charge is -2.10. The van der Waals surface area contributed by atoms with Gasteiger partial charge in [-0.1, -0.05) is 140 Å². The Bertz CT molecular complexity index is 3260. The first-order valence-corrected chi connectivity index (χ1v) is 19.5. The SMILES string of the molecule is c1ccc(-c2cccc(-c3ccc4sc5c(-c6cccc(-c7nc(-c8ccccc8)nc(-c8ccc9oc%10ccccc%10c9c8)n7)c6)cccc5c4c3)c2)cc1. The third-order valence-electron chi connectivity index (χ3n) is 10.5. The molecule has 3 heterocycles. The van der Waals surface area contributed by atoms with E-state index in [1.54, 1.807) is 0 Å². The molecule has 5 heteroatoms. The van der Waals surface area contributed by atoms with Crippen LogP contribution in [0.15, 0.2) is 192 Å². The van der Waals surface area contributed by atoms with E-state index in [1.807, 2.05) is 72.0 Å². The molecule has 0 aliphatic heterocycles. The molecule has 0 atom stereocenters. The van der Waals surface area contributed by atoms with Gasteiger partial charge < -0.3 is 4.42 Å². The fraction of sp³-hybridized carbons (Fsp3) is 0. The molecular weight excluding hydrogens is 703 g/mol. The van der Waals surface area contributed by atoms with Gasteiger partial charge in [-0.25, -0.2) is 15.0 Å². The highest BCUT2D eigenvalue weighted by atomic mass is 32.1. The molecule has 11 rings (SSSR count). The van der Waals surface area contributed by atoms with Crippen molar-refractivity contribution in [1.29, 1.82) is 0 Å².